The van der Waals surface area contributed by atoms with Crippen molar-refractivity contribution in [1.82, 2.24) is 14.9 Å². The zero-order valence-corrected chi connectivity index (χ0v) is 8.90. The standard InChI is InChI=1S/C12H15N3/c1-9-3-5-15-12(6-9)11(8-14-15)10-2-4-13-7-10/h3,5-6,8,10,13H,2,4,7H2,1H3. The number of rotatable bonds is 1. The number of nitrogens with one attached hydrogen (secondary N) is 1. The predicted molar refractivity (Wildman–Crippen MR) is 60.2 cm³/mol. The molecule has 2 aromatic rings. The highest BCUT2D eigenvalue weighted by Crippen LogP contribution is 2.26. The summed E-state index contributed by atoms with van der Waals surface area (Å²) in [6, 6.07) is 4.32. The summed E-state index contributed by atoms with van der Waals surface area (Å²) in [5.41, 5.74) is 3.96. The highest BCUT2D eigenvalue weighted by molar-refractivity contribution is 5.56. The van der Waals surface area contributed by atoms with Gasteiger partial charge in [0.05, 0.1) is 11.7 Å². The van der Waals surface area contributed by atoms with E-state index in [1.54, 1.807) is 0 Å². The molecule has 0 saturated carbocycles. The number of pyridine rings is 1. The van der Waals surface area contributed by atoms with Gasteiger partial charge in [-0.25, -0.2) is 4.52 Å². The second kappa shape index (κ2) is 3.35. The second-order valence-electron chi connectivity index (χ2n) is 4.32. The van der Waals surface area contributed by atoms with Crippen LogP contribution in [0.2, 0.25) is 0 Å². The Balaban J connectivity index is 2.13. The van der Waals surface area contributed by atoms with Crippen LogP contribution < -0.4 is 5.32 Å². The topological polar surface area (TPSA) is 29.3 Å². The van der Waals surface area contributed by atoms with Crippen LogP contribution in [0.15, 0.2) is 24.5 Å². The molecule has 1 aliphatic heterocycles. The highest BCUT2D eigenvalue weighted by atomic mass is 15.2. The van der Waals surface area contributed by atoms with Crippen LogP contribution >= 0.6 is 0 Å². The maximum atomic E-state index is 4.39. The molecule has 1 unspecified atom stereocenters. The number of aromatic nitrogens is 2. The van der Waals surface area contributed by atoms with E-state index in [4.69, 9.17) is 0 Å². The summed E-state index contributed by atoms with van der Waals surface area (Å²) in [7, 11) is 0. The maximum Gasteiger partial charge on any atom is 0.0699 e. The van der Waals surface area contributed by atoms with Crippen molar-refractivity contribution in [3.8, 4) is 0 Å². The van der Waals surface area contributed by atoms with Crippen molar-refractivity contribution in [2.45, 2.75) is 19.3 Å². The first-order valence-electron chi connectivity index (χ1n) is 5.49. The minimum atomic E-state index is 0.643. The number of fused-ring (bicyclic) bond motifs is 1. The van der Waals surface area contributed by atoms with Gasteiger partial charge in [0.15, 0.2) is 0 Å². The zero-order chi connectivity index (χ0) is 10.3. The van der Waals surface area contributed by atoms with Crippen molar-refractivity contribution < 1.29 is 0 Å². The highest BCUT2D eigenvalue weighted by Gasteiger charge is 2.19. The van der Waals surface area contributed by atoms with E-state index in [0.717, 1.165) is 13.1 Å². The first-order valence-corrected chi connectivity index (χ1v) is 5.49. The largest absolute Gasteiger partial charge is 0.316 e. The molecule has 1 N–H and O–H groups in total. The van der Waals surface area contributed by atoms with Gasteiger partial charge in [-0.05, 0) is 37.6 Å². The maximum absolute atomic E-state index is 4.39. The van der Waals surface area contributed by atoms with Gasteiger partial charge in [-0.1, -0.05) is 0 Å². The lowest BCUT2D eigenvalue weighted by Gasteiger charge is -2.06. The Kier molecular flexibility index (Phi) is 1.99. The molecular formula is C12H15N3. The summed E-state index contributed by atoms with van der Waals surface area (Å²) in [5, 5.41) is 7.80. The van der Waals surface area contributed by atoms with E-state index in [-0.39, 0.29) is 0 Å². The number of hydrogen-bond acceptors (Lipinski definition) is 2. The molecule has 1 atom stereocenters. The van der Waals surface area contributed by atoms with E-state index in [2.05, 4.69) is 29.5 Å². The predicted octanol–water partition coefficient (Wildman–Crippen LogP) is 1.72. The van der Waals surface area contributed by atoms with Crippen LogP contribution in [0.1, 0.15) is 23.5 Å². The van der Waals surface area contributed by atoms with Crippen LogP contribution in [0.25, 0.3) is 5.52 Å². The molecule has 3 rings (SSSR count). The fourth-order valence-corrected chi connectivity index (χ4v) is 2.34. The van der Waals surface area contributed by atoms with Gasteiger partial charge in [0, 0.05) is 24.2 Å². The van der Waals surface area contributed by atoms with Gasteiger partial charge in [0.25, 0.3) is 0 Å². The van der Waals surface area contributed by atoms with Crippen molar-refractivity contribution >= 4 is 5.52 Å². The summed E-state index contributed by atoms with van der Waals surface area (Å²) < 4.78 is 1.97. The van der Waals surface area contributed by atoms with Gasteiger partial charge >= 0.3 is 0 Å². The van der Waals surface area contributed by atoms with Crippen LogP contribution in [0, 0.1) is 6.92 Å². The minimum absolute atomic E-state index is 0.643. The fourth-order valence-electron chi connectivity index (χ4n) is 2.34. The lowest BCUT2D eigenvalue weighted by atomic mass is 10.00. The Bertz CT molecular complexity index is 481. The molecule has 0 bridgehead atoms. The van der Waals surface area contributed by atoms with E-state index in [1.165, 1.54) is 23.1 Å². The second-order valence-corrected chi connectivity index (χ2v) is 4.32. The van der Waals surface area contributed by atoms with Crippen LogP contribution in [0.4, 0.5) is 0 Å². The summed E-state index contributed by atoms with van der Waals surface area (Å²) in [5.74, 6) is 0.643. The minimum Gasteiger partial charge on any atom is -0.316 e. The van der Waals surface area contributed by atoms with Gasteiger partial charge in [0.2, 0.25) is 0 Å². The van der Waals surface area contributed by atoms with Crippen molar-refractivity contribution in [1.29, 1.82) is 0 Å². The van der Waals surface area contributed by atoms with E-state index < -0.39 is 0 Å². The van der Waals surface area contributed by atoms with Crippen molar-refractivity contribution in [3.63, 3.8) is 0 Å². The van der Waals surface area contributed by atoms with E-state index >= 15 is 0 Å². The molecule has 0 amide bonds. The van der Waals surface area contributed by atoms with Gasteiger partial charge in [-0.15, -0.1) is 0 Å². The third-order valence-electron chi connectivity index (χ3n) is 3.21. The van der Waals surface area contributed by atoms with Crippen LogP contribution in [-0.4, -0.2) is 22.7 Å². The van der Waals surface area contributed by atoms with Gasteiger partial charge in [-0.3, -0.25) is 0 Å². The summed E-state index contributed by atoms with van der Waals surface area (Å²) >= 11 is 0. The first kappa shape index (κ1) is 8.92. The quantitative estimate of drug-likeness (QED) is 0.761. The molecule has 2 aromatic heterocycles. The molecular weight excluding hydrogens is 186 g/mol. The van der Waals surface area contributed by atoms with Gasteiger partial charge in [-0.2, -0.15) is 5.10 Å². The molecule has 1 fully saturated rings. The monoisotopic (exact) mass is 201 g/mol. The van der Waals surface area contributed by atoms with Crippen LogP contribution in [-0.2, 0) is 0 Å². The number of hydrogen-bond donors (Lipinski definition) is 1. The van der Waals surface area contributed by atoms with E-state index in [1.807, 2.05) is 16.9 Å². The Morgan fingerprint density at radius 3 is 3.27 bits per heavy atom. The number of nitrogens with zero attached hydrogens (tertiary/aromatic N) is 2. The Morgan fingerprint density at radius 2 is 2.47 bits per heavy atom. The zero-order valence-electron chi connectivity index (χ0n) is 8.90. The lowest BCUT2D eigenvalue weighted by Crippen LogP contribution is -2.07. The molecule has 78 valence electrons. The van der Waals surface area contributed by atoms with Crippen molar-refractivity contribution in [3.05, 3.63) is 35.7 Å². The molecule has 0 spiro atoms. The molecule has 3 nitrogen and oxygen atoms in total. The van der Waals surface area contributed by atoms with Crippen molar-refractivity contribution in [2.75, 3.05) is 13.1 Å². The van der Waals surface area contributed by atoms with Crippen molar-refractivity contribution in [2.24, 2.45) is 0 Å². The lowest BCUT2D eigenvalue weighted by molar-refractivity contribution is 0.769. The smallest absolute Gasteiger partial charge is 0.0699 e. The first-order chi connectivity index (χ1) is 7.34. The third kappa shape index (κ3) is 1.43. The third-order valence-corrected chi connectivity index (χ3v) is 3.21. The molecule has 3 heterocycles. The summed E-state index contributed by atoms with van der Waals surface area (Å²) in [6.07, 6.45) is 5.29. The molecule has 0 radical (unpaired) electrons. The van der Waals surface area contributed by atoms with E-state index in [0.29, 0.717) is 5.92 Å². The van der Waals surface area contributed by atoms with Crippen LogP contribution in [0.3, 0.4) is 0 Å². The fraction of sp³-hybridized carbons (Fsp3) is 0.417. The molecule has 0 aromatic carbocycles. The average Bonchev–Trinajstić information content (AvgIpc) is 2.83. The molecule has 0 aliphatic carbocycles. The SMILES string of the molecule is Cc1ccn2ncc(C3CCNC3)c2c1. The van der Waals surface area contributed by atoms with E-state index in [9.17, 15) is 0 Å². The summed E-state index contributed by atoms with van der Waals surface area (Å²) in [6.45, 7) is 4.35. The molecule has 3 heteroatoms. The van der Waals surface area contributed by atoms with Gasteiger partial charge < -0.3 is 5.32 Å². The van der Waals surface area contributed by atoms with Crippen LogP contribution in [0.5, 0.6) is 0 Å². The van der Waals surface area contributed by atoms with Gasteiger partial charge in [0.1, 0.15) is 0 Å². The summed E-state index contributed by atoms with van der Waals surface area (Å²) in [4.78, 5) is 0. The normalized spacial score (nSPS) is 21.3. The Labute approximate surface area is 89.1 Å². The molecule has 15 heavy (non-hydrogen) atoms. The Morgan fingerprint density at radius 1 is 1.53 bits per heavy atom. The molecule has 1 aliphatic rings. The number of aryl methyl sites for hydroxylation is 1. The molecule has 1 saturated heterocycles. The average molecular weight is 201 g/mol. The Hall–Kier alpha value is -1.35.